The number of hydrogen-bond acceptors (Lipinski definition) is 6. The lowest BCUT2D eigenvalue weighted by Crippen LogP contribution is -2.54. The number of carbonyl (C=O) groups is 3. The first-order valence-corrected chi connectivity index (χ1v) is 13.3. The van der Waals surface area contributed by atoms with E-state index in [-0.39, 0.29) is 34.0 Å². The molecule has 1 fully saturated rings. The number of nitrogens with one attached hydrogen (secondary N) is 2. The average Bonchev–Trinajstić information content (AvgIpc) is 3.38. The molecule has 2 aromatic carbocycles. The number of aromatic nitrogens is 2. The van der Waals surface area contributed by atoms with Crippen molar-refractivity contribution < 1.29 is 27.9 Å². The van der Waals surface area contributed by atoms with Gasteiger partial charge in [-0.1, -0.05) is 6.07 Å². The van der Waals surface area contributed by atoms with Crippen LogP contribution in [0.1, 0.15) is 45.1 Å². The monoisotopic (exact) mass is 576 g/mol. The van der Waals surface area contributed by atoms with Gasteiger partial charge in [-0.05, 0) is 67.4 Å². The summed E-state index contributed by atoms with van der Waals surface area (Å²) in [6.07, 6.45) is 2.90. The van der Waals surface area contributed by atoms with Crippen LogP contribution in [0.15, 0.2) is 60.9 Å². The highest BCUT2D eigenvalue weighted by Crippen LogP contribution is 2.25. The van der Waals surface area contributed by atoms with E-state index in [1.165, 1.54) is 34.9 Å². The van der Waals surface area contributed by atoms with E-state index in [0.29, 0.717) is 43.1 Å². The molecule has 10 nitrogen and oxygen atoms in total. The second kappa shape index (κ2) is 11.7. The molecule has 1 saturated heterocycles. The molecule has 3 amide bonds. The lowest BCUT2D eigenvalue weighted by Gasteiger charge is -2.42. The van der Waals surface area contributed by atoms with Crippen molar-refractivity contribution in [2.24, 2.45) is 5.73 Å². The maximum Gasteiger partial charge on any atom is 0.274 e. The fourth-order valence-electron chi connectivity index (χ4n) is 4.88. The molecule has 12 heteroatoms. The number of anilines is 1. The summed E-state index contributed by atoms with van der Waals surface area (Å²) >= 11 is 0. The van der Waals surface area contributed by atoms with Gasteiger partial charge in [0.1, 0.15) is 23.0 Å². The van der Waals surface area contributed by atoms with Crippen LogP contribution in [0.2, 0.25) is 0 Å². The Kier molecular flexibility index (Phi) is 8.01. The Morgan fingerprint density at radius 2 is 1.81 bits per heavy atom. The molecule has 3 heterocycles. The maximum absolute atomic E-state index is 14.6. The Morgan fingerprint density at radius 3 is 2.55 bits per heavy atom. The Labute approximate surface area is 240 Å². The summed E-state index contributed by atoms with van der Waals surface area (Å²) in [4.78, 5) is 43.7. The van der Waals surface area contributed by atoms with E-state index in [1.807, 2.05) is 0 Å². The third kappa shape index (κ3) is 5.99. The van der Waals surface area contributed by atoms with Crippen LogP contribution >= 0.6 is 0 Å². The van der Waals surface area contributed by atoms with Crippen LogP contribution in [0.3, 0.4) is 0 Å². The summed E-state index contributed by atoms with van der Waals surface area (Å²) in [5, 5.41) is 5.37. The van der Waals surface area contributed by atoms with Gasteiger partial charge in [0.2, 0.25) is 0 Å². The number of hydrogen-bond donors (Lipinski definition) is 3. The van der Waals surface area contributed by atoms with Crippen LogP contribution in [0.4, 0.5) is 14.5 Å². The van der Waals surface area contributed by atoms with Crippen LogP contribution in [0, 0.1) is 11.6 Å². The summed E-state index contributed by atoms with van der Waals surface area (Å²) in [5.41, 5.74) is 6.45. The quantitative estimate of drug-likeness (QED) is 0.295. The number of nitrogens with two attached hydrogens (primary N) is 1. The van der Waals surface area contributed by atoms with Crippen LogP contribution in [-0.4, -0.2) is 70.4 Å². The fraction of sp³-hybridized carbons (Fsp3) is 0.267. The van der Waals surface area contributed by atoms with Crippen LogP contribution < -0.4 is 16.4 Å². The number of morpholine rings is 1. The van der Waals surface area contributed by atoms with Crippen molar-refractivity contribution in [2.75, 3.05) is 38.2 Å². The van der Waals surface area contributed by atoms with Crippen molar-refractivity contribution in [3.63, 3.8) is 0 Å². The summed E-state index contributed by atoms with van der Waals surface area (Å²) in [7, 11) is 0. The summed E-state index contributed by atoms with van der Waals surface area (Å²) in [5.74, 6) is -3.35. The number of carbonyl (C=O) groups excluding carboxylic acids is 3. The summed E-state index contributed by atoms with van der Waals surface area (Å²) < 4.78 is 35.9. The van der Waals surface area contributed by atoms with Gasteiger partial charge in [0.15, 0.2) is 0 Å². The van der Waals surface area contributed by atoms with Crippen molar-refractivity contribution in [1.29, 1.82) is 0 Å². The second-order valence-electron chi connectivity index (χ2n) is 10.6. The minimum atomic E-state index is -0.867. The van der Waals surface area contributed by atoms with Crippen molar-refractivity contribution >= 4 is 29.1 Å². The standard InChI is InChI=1S/C30H30F2N6O4/c1-30(2)17-42-12-11-37(30)10-8-34-28(40)20-4-6-22(31)24(14-20)36-29(41)25-16-35-26-15-19(7-9-38(25)26)18-3-5-21(27(33)39)23(32)13-18/h3-7,9,13-16H,8,10-12,17H2,1-2H3,(H2,33,39)(H,34,40)(H,36,41). The molecule has 0 atom stereocenters. The molecule has 1 aliphatic rings. The minimum absolute atomic E-state index is 0.120. The smallest absolute Gasteiger partial charge is 0.274 e. The third-order valence-corrected chi connectivity index (χ3v) is 7.27. The van der Waals surface area contributed by atoms with Crippen LogP contribution in [-0.2, 0) is 4.74 Å². The van der Waals surface area contributed by atoms with Crippen molar-refractivity contribution in [3.05, 3.63) is 89.4 Å². The van der Waals surface area contributed by atoms with E-state index >= 15 is 0 Å². The van der Waals surface area contributed by atoms with Gasteiger partial charge in [-0.25, -0.2) is 13.8 Å². The minimum Gasteiger partial charge on any atom is -0.378 e. The molecule has 5 rings (SSSR count). The van der Waals surface area contributed by atoms with Crippen LogP contribution in [0.25, 0.3) is 16.8 Å². The molecule has 0 radical (unpaired) electrons. The number of pyridine rings is 1. The van der Waals surface area contributed by atoms with Gasteiger partial charge in [0.05, 0.1) is 30.7 Å². The molecule has 42 heavy (non-hydrogen) atoms. The van der Waals surface area contributed by atoms with Crippen molar-refractivity contribution in [3.8, 4) is 11.1 Å². The van der Waals surface area contributed by atoms with Gasteiger partial charge in [0.25, 0.3) is 17.7 Å². The Hall–Kier alpha value is -4.68. The van der Waals surface area contributed by atoms with Gasteiger partial charge in [-0.15, -0.1) is 0 Å². The highest BCUT2D eigenvalue weighted by Gasteiger charge is 2.30. The van der Waals surface area contributed by atoms with Crippen molar-refractivity contribution in [1.82, 2.24) is 19.6 Å². The number of ether oxygens (including phenoxy) is 1. The van der Waals surface area contributed by atoms with Gasteiger partial charge < -0.3 is 21.1 Å². The molecule has 0 aliphatic carbocycles. The Morgan fingerprint density at radius 1 is 1.02 bits per heavy atom. The van der Waals surface area contributed by atoms with E-state index in [2.05, 4.69) is 34.4 Å². The predicted octanol–water partition coefficient (Wildman–Crippen LogP) is 3.47. The number of rotatable bonds is 8. The first-order valence-electron chi connectivity index (χ1n) is 13.3. The highest BCUT2D eigenvalue weighted by molar-refractivity contribution is 6.04. The Bertz CT molecular complexity index is 1690. The zero-order chi connectivity index (χ0) is 30.0. The van der Waals surface area contributed by atoms with Gasteiger partial charge >= 0.3 is 0 Å². The molecule has 4 N–H and O–H groups in total. The van der Waals surface area contributed by atoms with E-state index < -0.39 is 23.4 Å². The average molecular weight is 577 g/mol. The number of primary amides is 1. The van der Waals surface area contributed by atoms with Gasteiger partial charge in [0, 0.05) is 36.9 Å². The highest BCUT2D eigenvalue weighted by atomic mass is 19.1. The zero-order valence-corrected chi connectivity index (χ0v) is 23.1. The maximum atomic E-state index is 14.6. The number of benzene rings is 2. The topological polar surface area (TPSA) is 131 Å². The zero-order valence-electron chi connectivity index (χ0n) is 23.1. The van der Waals surface area contributed by atoms with Crippen LogP contribution in [0.5, 0.6) is 0 Å². The van der Waals surface area contributed by atoms with Gasteiger partial charge in [-0.2, -0.15) is 0 Å². The first kappa shape index (κ1) is 28.8. The van der Waals surface area contributed by atoms with E-state index in [0.717, 1.165) is 12.6 Å². The number of amides is 3. The first-order chi connectivity index (χ1) is 20.0. The largest absolute Gasteiger partial charge is 0.378 e. The third-order valence-electron chi connectivity index (χ3n) is 7.27. The molecule has 0 unspecified atom stereocenters. The molecule has 2 aromatic heterocycles. The predicted molar refractivity (Wildman–Crippen MR) is 152 cm³/mol. The summed E-state index contributed by atoms with van der Waals surface area (Å²) in [6.45, 7) is 7.21. The lowest BCUT2D eigenvalue weighted by molar-refractivity contribution is -0.0498. The molecule has 0 saturated carbocycles. The fourth-order valence-corrected chi connectivity index (χ4v) is 4.88. The van der Waals surface area contributed by atoms with Crippen molar-refractivity contribution in [2.45, 2.75) is 19.4 Å². The molecule has 218 valence electrons. The molecular weight excluding hydrogens is 546 g/mol. The molecular formula is C30H30F2N6O4. The number of fused-ring (bicyclic) bond motifs is 1. The number of halogens is 2. The number of nitrogens with zero attached hydrogens (tertiary/aromatic N) is 3. The van der Waals surface area contributed by atoms with E-state index in [9.17, 15) is 23.2 Å². The normalized spacial score (nSPS) is 15.0. The Balaban J connectivity index is 1.27. The molecule has 0 spiro atoms. The molecule has 1 aliphatic heterocycles. The second-order valence-corrected chi connectivity index (χ2v) is 10.6. The van der Waals surface area contributed by atoms with E-state index in [1.54, 1.807) is 24.4 Å². The van der Waals surface area contributed by atoms with Gasteiger partial charge in [-0.3, -0.25) is 23.7 Å². The SMILES string of the molecule is CC1(C)COCCN1CCNC(=O)c1ccc(F)c(NC(=O)c2cnc3cc(-c4ccc(C(N)=O)c(F)c4)ccn23)c1. The van der Waals surface area contributed by atoms with E-state index in [4.69, 9.17) is 10.5 Å². The molecule has 4 aromatic rings. The molecule has 0 bridgehead atoms. The summed E-state index contributed by atoms with van der Waals surface area (Å²) in [6, 6.07) is 11.1. The number of imidazole rings is 1. The lowest BCUT2D eigenvalue weighted by atomic mass is 10.0.